The molecule has 2 aromatic rings. The van der Waals surface area contributed by atoms with Crippen molar-refractivity contribution in [1.82, 2.24) is 14.8 Å². The molecule has 0 aliphatic carbocycles. The Bertz CT molecular complexity index is 526. The first-order valence-corrected chi connectivity index (χ1v) is 7.73. The van der Waals surface area contributed by atoms with Gasteiger partial charge in [0.2, 0.25) is 0 Å². The molecule has 1 aromatic carbocycles. The molecule has 108 valence electrons. The highest BCUT2D eigenvalue weighted by atomic mass is 35.5. The molecule has 0 bridgehead atoms. The van der Waals surface area contributed by atoms with Crippen LogP contribution in [0.1, 0.15) is 44.1 Å². The van der Waals surface area contributed by atoms with Crippen LogP contribution in [0.3, 0.4) is 0 Å². The minimum Gasteiger partial charge on any atom is -0.253 e. The number of nitrogens with zero attached hydrogens (tertiary/aromatic N) is 3. The fraction of sp³-hybridized carbons (Fsp3) is 0.467. The normalized spacial score (nSPS) is 12.6. The van der Waals surface area contributed by atoms with Crippen molar-refractivity contribution in [3.05, 3.63) is 46.5 Å². The average Bonchev–Trinajstić information content (AvgIpc) is 2.93. The highest BCUT2D eigenvalue weighted by Crippen LogP contribution is 2.33. The molecule has 0 N–H and O–H groups in total. The van der Waals surface area contributed by atoms with Crippen LogP contribution in [-0.2, 0) is 6.54 Å². The molecular formula is C15H19Cl2N3. The second kappa shape index (κ2) is 7.65. The molecule has 1 heterocycles. The number of hydrogen-bond acceptors (Lipinski definition) is 2. The Kier molecular flexibility index (Phi) is 5.86. The lowest BCUT2D eigenvalue weighted by atomic mass is 9.90. The molecule has 0 fully saturated rings. The van der Waals surface area contributed by atoms with Crippen LogP contribution in [0.25, 0.3) is 0 Å². The topological polar surface area (TPSA) is 30.7 Å². The average molecular weight is 312 g/mol. The van der Waals surface area contributed by atoms with E-state index in [1.165, 1.54) is 18.4 Å². The number of aromatic nitrogens is 3. The lowest BCUT2D eigenvalue weighted by Crippen LogP contribution is -2.07. The van der Waals surface area contributed by atoms with Crippen LogP contribution in [0.2, 0.25) is 10.0 Å². The van der Waals surface area contributed by atoms with E-state index in [0.29, 0.717) is 10.9 Å². The monoisotopic (exact) mass is 311 g/mol. The van der Waals surface area contributed by atoms with Gasteiger partial charge in [0.05, 0.1) is 0 Å². The van der Waals surface area contributed by atoms with Gasteiger partial charge in [-0.2, -0.15) is 5.10 Å². The quantitative estimate of drug-likeness (QED) is 0.724. The standard InChI is InChI=1S/C15H19Cl2N3/c1-2-3-4-12(7-8-20-11-18-10-19-20)14-6-5-13(16)9-15(14)17/h5-6,9-12H,2-4,7-8H2,1H3/t12-/m1/s1. The Balaban J connectivity index is 2.09. The van der Waals surface area contributed by atoms with E-state index in [4.69, 9.17) is 23.2 Å². The molecule has 0 unspecified atom stereocenters. The molecule has 1 aromatic heterocycles. The lowest BCUT2D eigenvalue weighted by Gasteiger charge is -2.18. The van der Waals surface area contributed by atoms with E-state index in [0.717, 1.165) is 24.4 Å². The minimum absolute atomic E-state index is 0.434. The maximum absolute atomic E-state index is 6.34. The van der Waals surface area contributed by atoms with Gasteiger partial charge in [-0.25, -0.2) is 4.98 Å². The van der Waals surface area contributed by atoms with E-state index in [2.05, 4.69) is 17.0 Å². The zero-order valence-corrected chi connectivity index (χ0v) is 13.1. The van der Waals surface area contributed by atoms with Gasteiger partial charge in [0.25, 0.3) is 0 Å². The molecule has 1 atom stereocenters. The second-order valence-corrected chi connectivity index (χ2v) is 5.80. The fourth-order valence-electron chi connectivity index (χ4n) is 2.37. The lowest BCUT2D eigenvalue weighted by molar-refractivity contribution is 0.479. The van der Waals surface area contributed by atoms with Crippen molar-refractivity contribution < 1.29 is 0 Å². The maximum atomic E-state index is 6.34. The summed E-state index contributed by atoms with van der Waals surface area (Å²) in [6, 6.07) is 5.79. The van der Waals surface area contributed by atoms with E-state index in [1.54, 1.807) is 12.7 Å². The third-order valence-corrected chi connectivity index (χ3v) is 4.04. The van der Waals surface area contributed by atoms with Gasteiger partial charge >= 0.3 is 0 Å². The zero-order valence-electron chi connectivity index (χ0n) is 11.6. The van der Waals surface area contributed by atoms with Gasteiger partial charge in [-0.05, 0) is 36.5 Å². The molecule has 0 saturated heterocycles. The van der Waals surface area contributed by atoms with Crippen molar-refractivity contribution in [3.8, 4) is 0 Å². The largest absolute Gasteiger partial charge is 0.253 e. The van der Waals surface area contributed by atoms with Crippen molar-refractivity contribution in [2.24, 2.45) is 0 Å². The number of aryl methyl sites for hydroxylation is 1. The van der Waals surface area contributed by atoms with Crippen molar-refractivity contribution in [3.63, 3.8) is 0 Å². The van der Waals surface area contributed by atoms with E-state index < -0.39 is 0 Å². The first-order valence-electron chi connectivity index (χ1n) is 6.98. The van der Waals surface area contributed by atoms with Gasteiger partial charge in [-0.15, -0.1) is 0 Å². The van der Waals surface area contributed by atoms with E-state index in [9.17, 15) is 0 Å². The Morgan fingerprint density at radius 3 is 2.75 bits per heavy atom. The number of benzene rings is 1. The van der Waals surface area contributed by atoms with Crippen LogP contribution in [0.15, 0.2) is 30.9 Å². The summed E-state index contributed by atoms with van der Waals surface area (Å²) in [7, 11) is 0. The fourth-order valence-corrected chi connectivity index (χ4v) is 2.94. The van der Waals surface area contributed by atoms with E-state index in [-0.39, 0.29) is 0 Å². The molecular weight excluding hydrogens is 293 g/mol. The van der Waals surface area contributed by atoms with E-state index in [1.807, 2.05) is 22.9 Å². The molecule has 2 rings (SSSR count). The van der Waals surface area contributed by atoms with Crippen LogP contribution in [0, 0.1) is 0 Å². The summed E-state index contributed by atoms with van der Waals surface area (Å²) in [4.78, 5) is 3.97. The molecule has 0 amide bonds. The van der Waals surface area contributed by atoms with Gasteiger partial charge in [0.15, 0.2) is 0 Å². The van der Waals surface area contributed by atoms with Gasteiger partial charge in [-0.1, -0.05) is 49.0 Å². The Morgan fingerprint density at radius 2 is 2.10 bits per heavy atom. The third-order valence-electron chi connectivity index (χ3n) is 3.48. The van der Waals surface area contributed by atoms with E-state index >= 15 is 0 Å². The second-order valence-electron chi connectivity index (χ2n) is 4.95. The van der Waals surface area contributed by atoms with Crippen LogP contribution in [0.5, 0.6) is 0 Å². The smallest absolute Gasteiger partial charge is 0.137 e. The predicted molar refractivity (Wildman–Crippen MR) is 83.4 cm³/mol. The van der Waals surface area contributed by atoms with Crippen molar-refractivity contribution in [2.45, 2.75) is 45.1 Å². The molecule has 0 radical (unpaired) electrons. The molecule has 0 spiro atoms. The van der Waals surface area contributed by atoms with Gasteiger partial charge < -0.3 is 0 Å². The van der Waals surface area contributed by atoms with Crippen LogP contribution >= 0.6 is 23.2 Å². The predicted octanol–water partition coefficient (Wildman–Crippen LogP) is 4.95. The Labute approximate surface area is 129 Å². The maximum Gasteiger partial charge on any atom is 0.137 e. The highest BCUT2D eigenvalue weighted by Gasteiger charge is 2.15. The summed E-state index contributed by atoms with van der Waals surface area (Å²) >= 11 is 12.3. The molecule has 0 aliphatic rings. The number of hydrogen-bond donors (Lipinski definition) is 0. The first-order chi connectivity index (χ1) is 9.70. The third kappa shape index (κ3) is 4.22. The molecule has 20 heavy (non-hydrogen) atoms. The van der Waals surface area contributed by atoms with Crippen molar-refractivity contribution >= 4 is 23.2 Å². The SMILES string of the molecule is CCCC[C@H](CCn1cncn1)c1ccc(Cl)cc1Cl. The summed E-state index contributed by atoms with van der Waals surface area (Å²) < 4.78 is 1.86. The van der Waals surface area contributed by atoms with Gasteiger partial charge in [-0.3, -0.25) is 4.68 Å². The molecule has 0 aliphatic heterocycles. The van der Waals surface area contributed by atoms with Crippen LogP contribution in [-0.4, -0.2) is 14.8 Å². The summed E-state index contributed by atoms with van der Waals surface area (Å²) in [5, 5.41) is 5.60. The minimum atomic E-state index is 0.434. The number of rotatable bonds is 7. The molecule has 3 nitrogen and oxygen atoms in total. The summed E-state index contributed by atoms with van der Waals surface area (Å²) in [6.45, 7) is 3.06. The first kappa shape index (κ1) is 15.3. The molecule has 0 saturated carbocycles. The number of halogens is 2. The summed E-state index contributed by atoms with van der Waals surface area (Å²) in [6.07, 6.45) is 7.83. The van der Waals surface area contributed by atoms with Crippen molar-refractivity contribution in [2.75, 3.05) is 0 Å². The zero-order chi connectivity index (χ0) is 14.4. The Morgan fingerprint density at radius 1 is 1.25 bits per heavy atom. The Hall–Kier alpha value is -1.06. The van der Waals surface area contributed by atoms with Crippen molar-refractivity contribution in [1.29, 1.82) is 0 Å². The summed E-state index contributed by atoms with van der Waals surface area (Å²) in [5.41, 5.74) is 1.18. The van der Waals surface area contributed by atoms with Crippen LogP contribution in [0.4, 0.5) is 0 Å². The van der Waals surface area contributed by atoms with Gasteiger partial charge in [0.1, 0.15) is 12.7 Å². The number of unbranched alkanes of at least 4 members (excludes halogenated alkanes) is 1. The summed E-state index contributed by atoms with van der Waals surface area (Å²) in [5.74, 6) is 0.434. The van der Waals surface area contributed by atoms with Crippen LogP contribution < -0.4 is 0 Å². The van der Waals surface area contributed by atoms with Gasteiger partial charge in [0, 0.05) is 16.6 Å². The highest BCUT2D eigenvalue weighted by molar-refractivity contribution is 6.35. The molecule has 5 heteroatoms.